The predicted molar refractivity (Wildman–Crippen MR) is 89.4 cm³/mol. The molecule has 0 saturated carbocycles. The number of hydrogen-bond acceptors (Lipinski definition) is 6. The molecule has 0 unspecified atom stereocenters. The van der Waals surface area contributed by atoms with Crippen molar-refractivity contribution in [3.8, 4) is 0 Å². The van der Waals surface area contributed by atoms with Crippen LogP contribution in [-0.4, -0.2) is 45.8 Å². The van der Waals surface area contributed by atoms with E-state index in [-0.39, 0.29) is 22.3 Å². The average molecular weight is 378 g/mol. The lowest BCUT2D eigenvalue weighted by Gasteiger charge is -2.12. The fourth-order valence-electron chi connectivity index (χ4n) is 1.65. The Morgan fingerprint density at radius 3 is 1.92 bits per heavy atom. The summed E-state index contributed by atoms with van der Waals surface area (Å²) in [7, 11) is -7.34. The van der Waals surface area contributed by atoms with Gasteiger partial charge in [0.25, 0.3) is 5.91 Å². The molecule has 0 heterocycles. The molecule has 0 atom stereocenters. The molecule has 0 fully saturated rings. The van der Waals surface area contributed by atoms with Crippen molar-refractivity contribution >= 4 is 31.8 Å². The third kappa shape index (κ3) is 8.60. The van der Waals surface area contributed by atoms with Crippen LogP contribution in [0.15, 0.2) is 28.1 Å². The van der Waals surface area contributed by atoms with Gasteiger partial charge in [-0.3, -0.25) is 4.79 Å². The Labute approximate surface area is 141 Å². The van der Waals surface area contributed by atoms with Crippen molar-refractivity contribution in [2.24, 2.45) is 16.5 Å². The smallest absolute Gasteiger partial charge is 0.280 e. The summed E-state index contributed by atoms with van der Waals surface area (Å²) < 4.78 is 50.7. The second kappa shape index (κ2) is 8.22. The fourth-order valence-corrected chi connectivity index (χ4v) is 2.72. The maximum atomic E-state index is 11.8. The molecule has 1 aromatic carbocycles. The Kier molecular flexibility index (Phi) is 7.54. The summed E-state index contributed by atoms with van der Waals surface area (Å²) in [4.78, 5) is 15.2. The lowest BCUT2D eigenvalue weighted by atomic mass is 10.0. The van der Waals surface area contributed by atoms with Crippen LogP contribution in [0.4, 0.5) is 0 Å². The molecule has 0 aliphatic heterocycles. The first-order chi connectivity index (χ1) is 10.6. The van der Waals surface area contributed by atoms with Gasteiger partial charge in [-0.2, -0.15) is 4.99 Å². The largest absolute Gasteiger partial charge is 0.748 e. The third-order valence-corrected chi connectivity index (χ3v) is 3.67. The van der Waals surface area contributed by atoms with Crippen molar-refractivity contribution in [3.05, 3.63) is 29.3 Å². The monoisotopic (exact) mass is 378 g/mol. The number of carbonyl (C=O) groups excluding carboxylic acids is 1. The Balaban J connectivity index is 0.000000922. The van der Waals surface area contributed by atoms with Gasteiger partial charge in [-0.15, -0.1) is 0 Å². The number of aliphatic imine (C=N–C) groups is 1. The SMILES string of the molecule is CC(C)c1ccc(C(=O)N=C(N)N)cc1S(C)(=O)=O.CS(=O)(=O)[O-]. The molecule has 4 N–H and O–H groups in total. The molecule has 0 aromatic heterocycles. The highest BCUT2D eigenvalue weighted by atomic mass is 32.2. The summed E-state index contributed by atoms with van der Waals surface area (Å²) in [5.41, 5.74) is 11.0. The van der Waals surface area contributed by atoms with Gasteiger partial charge in [0.15, 0.2) is 15.8 Å². The number of guanidine groups is 1. The molecule has 1 amide bonds. The number of benzene rings is 1. The van der Waals surface area contributed by atoms with Crippen LogP contribution >= 0.6 is 0 Å². The van der Waals surface area contributed by atoms with Gasteiger partial charge in [-0.1, -0.05) is 19.9 Å². The number of nitrogens with zero attached hydrogens (tertiary/aromatic N) is 1. The number of rotatable bonds is 3. The van der Waals surface area contributed by atoms with E-state index in [0.717, 1.165) is 6.26 Å². The summed E-state index contributed by atoms with van der Waals surface area (Å²) in [6, 6.07) is 4.43. The van der Waals surface area contributed by atoms with Crippen LogP contribution in [-0.2, 0) is 20.0 Å². The highest BCUT2D eigenvalue weighted by Gasteiger charge is 2.18. The van der Waals surface area contributed by atoms with Crippen molar-refractivity contribution in [2.45, 2.75) is 24.7 Å². The molecule has 0 spiro atoms. The number of amides is 1. The van der Waals surface area contributed by atoms with Gasteiger partial charge in [0.05, 0.1) is 15.0 Å². The molecular weight excluding hydrogens is 358 g/mol. The Morgan fingerprint density at radius 2 is 1.58 bits per heavy atom. The summed E-state index contributed by atoms with van der Waals surface area (Å²) >= 11 is 0. The van der Waals surface area contributed by atoms with E-state index in [4.69, 9.17) is 24.4 Å². The molecule has 0 aliphatic rings. The Morgan fingerprint density at radius 1 is 1.12 bits per heavy atom. The van der Waals surface area contributed by atoms with E-state index in [1.807, 2.05) is 13.8 Å². The minimum atomic E-state index is -3.92. The molecule has 0 saturated heterocycles. The highest BCUT2D eigenvalue weighted by molar-refractivity contribution is 7.90. The second-order valence-electron chi connectivity index (χ2n) is 5.23. The lowest BCUT2D eigenvalue weighted by molar-refractivity contribution is 0.100. The molecule has 136 valence electrons. The van der Waals surface area contributed by atoms with E-state index in [0.29, 0.717) is 11.8 Å². The van der Waals surface area contributed by atoms with Crippen molar-refractivity contribution in [1.82, 2.24) is 0 Å². The fraction of sp³-hybridized carbons (Fsp3) is 0.385. The van der Waals surface area contributed by atoms with Gasteiger partial charge in [-0.25, -0.2) is 16.8 Å². The van der Waals surface area contributed by atoms with Crippen LogP contribution in [0.2, 0.25) is 0 Å². The number of nitrogens with two attached hydrogens (primary N) is 2. The quantitative estimate of drug-likeness (QED) is 0.413. The third-order valence-electron chi connectivity index (χ3n) is 2.51. The molecular formula is C13H20N3O6S2-. The lowest BCUT2D eigenvalue weighted by Crippen LogP contribution is -2.24. The minimum Gasteiger partial charge on any atom is -0.748 e. The highest BCUT2D eigenvalue weighted by Crippen LogP contribution is 2.25. The second-order valence-corrected chi connectivity index (χ2v) is 8.62. The van der Waals surface area contributed by atoms with Crippen LogP contribution < -0.4 is 11.5 Å². The van der Waals surface area contributed by atoms with Gasteiger partial charge >= 0.3 is 0 Å². The van der Waals surface area contributed by atoms with Crippen LogP contribution in [0, 0.1) is 0 Å². The van der Waals surface area contributed by atoms with E-state index in [1.165, 1.54) is 12.1 Å². The Bertz CT molecular complexity index is 830. The van der Waals surface area contributed by atoms with Gasteiger partial charge in [0.1, 0.15) is 0 Å². The minimum absolute atomic E-state index is 0.0250. The van der Waals surface area contributed by atoms with E-state index < -0.39 is 25.9 Å². The zero-order valence-electron chi connectivity index (χ0n) is 13.7. The first-order valence-corrected chi connectivity index (χ1v) is 10.2. The molecule has 1 rings (SSSR count). The van der Waals surface area contributed by atoms with E-state index >= 15 is 0 Å². The predicted octanol–water partition coefficient (Wildman–Crippen LogP) is -0.211. The first-order valence-electron chi connectivity index (χ1n) is 6.51. The maximum absolute atomic E-state index is 11.8. The van der Waals surface area contributed by atoms with Crippen LogP contribution in [0.1, 0.15) is 35.7 Å². The van der Waals surface area contributed by atoms with E-state index in [9.17, 15) is 13.2 Å². The maximum Gasteiger partial charge on any atom is 0.280 e. The Hall–Kier alpha value is -1.98. The summed E-state index contributed by atoms with van der Waals surface area (Å²) in [5.74, 6) is -1.00. The number of carbonyl (C=O) groups is 1. The molecule has 0 bridgehead atoms. The van der Waals surface area contributed by atoms with Gasteiger partial charge in [0.2, 0.25) is 0 Å². The zero-order chi connectivity index (χ0) is 19.3. The first kappa shape index (κ1) is 22.0. The summed E-state index contributed by atoms with van der Waals surface area (Å²) in [5, 5.41) is 0. The van der Waals surface area contributed by atoms with Gasteiger partial charge < -0.3 is 16.0 Å². The molecule has 0 aliphatic carbocycles. The molecule has 9 nitrogen and oxygen atoms in total. The molecule has 1 aromatic rings. The summed E-state index contributed by atoms with van der Waals surface area (Å²) in [6.07, 6.45) is 1.70. The van der Waals surface area contributed by atoms with Gasteiger partial charge in [0, 0.05) is 18.1 Å². The number of sulfone groups is 1. The number of hydrogen-bond donors (Lipinski definition) is 2. The molecule has 0 radical (unpaired) electrons. The normalized spacial score (nSPS) is 11.4. The van der Waals surface area contributed by atoms with Gasteiger partial charge in [-0.05, 0) is 23.6 Å². The summed E-state index contributed by atoms with van der Waals surface area (Å²) in [6.45, 7) is 3.75. The van der Waals surface area contributed by atoms with E-state index in [1.54, 1.807) is 6.07 Å². The van der Waals surface area contributed by atoms with Crippen molar-refractivity contribution in [2.75, 3.05) is 12.5 Å². The standard InChI is InChI=1S/C12H17N3O3S.CH4O3S/c1-7(2)9-5-4-8(11(16)15-12(13)14)6-10(9)19(3,17)18;1-5(2,3)4/h4-7H,1-3H3,(H4,13,14,15,16);1H3,(H,2,3,4)/p-1. The average Bonchev–Trinajstić information content (AvgIpc) is 2.34. The van der Waals surface area contributed by atoms with Crippen LogP contribution in [0.5, 0.6) is 0 Å². The van der Waals surface area contributed by atoms with Crippen molar-refractivity contribution < 1.29 is 26.2 Å². The topological polar surface area (TPSA) is 173 Å². The molecule has 24 heavy (non-hydrogen) atoms. The van der Waals surface area contributed by atoms with Crippen LogP contribution in [0.3, 0.4) is 0 Å². The zero-order valence-corrected chi connectivity index (χ0v) is 15.3. The van der Waals surface area contributed by atoms with Crippen molar-refractivity contribution in [1.29, 1.82) is 0 Å². The molecule has 11 heteroatoms. The van der Waals surface area contributed by atoms with Crippen LogP contribution in [0.25, 0.3) is 0 Å². The van der Waals surface area contributed by atoms with Crippen molar-refractivity contribution in [3.63, 3.8) is 0 Å². The van der Waals surface area contributed by atoms with E-state index in [2.05, 4.69) is 4.99 Å².